The number of β-amino-alcohol motifs (C(OH)–C–C–N with tert-alkyl or cyclic N) is 1. The van der Waals surface area contributed by atoms with Crippen molar-refractivity contribution >= 4 is 28.8 Å². The maximum absolute atomic E-state index is 11.8. The highest BCUT2D eigenvalue weighted by atomic mass is 16.4. The van der Waals surface area contributed by atoms with Crippen molar-refractivity contribution in [2.45, 2.75) is 44.4 Å². The highest BCUT2D eigenvalue weighted by Crippen LogP contribution is 2.34. The normalized spacial score (nSPS) is 18.0. The molecule has 0 atom stereocenters. The van der Waals surface area contributed by atoms with Gasteiger partial charge in [-0.05, 0) is 30.5 Å². The van der Waals surface area contributed by atoms with Gasteiger partial charge in [0.2, 0.25) is 5.95 Å². The van der Waals surface area contributed by atoms with Crippen LogP contribution in [-0.2, 0) is 6.54 Å². The lowest BCUT2D eigenvalue weighted by molar-refractivity contribution is -0.00291. The van der Waals surface area contributed by atoms with Crippen LogP contribution in [0.25, 0.3) is 11.0 Å². The van der Waals surface area contributed by atoms with Gasteiger partial charge in [0, 0.05) is 43.5 Å². The first-order valence-electron chi connectivity index (χ1n) is 10.3. The number of aromatic carboxylic acids is 1. The molecule has 0 spiro atoms. The first-order valence-corrected chi connectivity index (χ1v) is 10.3. The van der Waals surface area contributed by atoms with Gasteiger partial charge in [-0.3, -0.25) is 4.90 Å². The Kier molecular flexibility index (Phi) is 4.84. The van der Waals surface area contributed by atoms with Crippen LogP contribution >= 0.6 is 0 Å². The number of anilines is 2. The topological polar surface area (TPSA) is 116 Å². The van der Waals surface area contributed by atoms with Gasteiger partial charge in [-0.2, -0.15) is 4.98 Å². The molecule has 1 aliphatic carbocycles. The Morgan fingerprint density at radius 1 is 1.17 bits per heavy atom. The second kappa shape index (κ2) is 7.66. The zero-order valence-electron chi connectivity index (χ0n) is 16.5. The van der Waals surface area contributed by atoms with Crippen LogP contribution in [0.3, 0.4) is 0 Å². The Balaban J connectivity index is 1.38. The summed E-state index contributed by atoms with van der Waals surface area (Å²) in [7, 11) is 0. The summed E-state index contributed by atoms with van der Waals surface area (Å²) in [4.78, 5) is 27.3. The number of hydrogen-bond acceptors (Lipinski definition) is 7. The maximum atomic E-state index is 11.8. The highest BCUT2D eigenvalue weighted by molar-refractivity contribution is 5.93. The van der Waals surface area contributed by atoms with E-state index in [1.807, 2.05) is 16.7 Å². The number of nitrogens with one attached hydrogen (secondary N) is 1. The predicted octanol–water partition coefficient (Wildman–Crippen LogP) is 2.56. The zero-order chi connectivity index (χ0) is 20.7. The first-order chi connectivity index (χ1) is 14.6. The molecule has 3 N–H and O–H groups in total. The molecule has 9 nitrogen and oxygen atoms in total. The summed E-state index contributed by atoms with van der Waals surface area (Å²) in [6, 6.07) is 5.67. The third-order valence-corrected chi connectivity index (χ3v) is 5.89. The van der Waals surface area contributed by atoms with Gasteiger partial charge in [-0.1, -0.05) is 18.9 Å². The standard InChI is InChI=1S/C21H24N6O3/c28-16-11-26(12-16)10-13-5-6-18(22-8-13)24-21-23-9-14-7-17(20(29)30)27(19(14)25-21)15-3-1-2-4-15/h5-9,15-16,28H,1-4,10-12H2,(H,29,30)(H,22,23,24,25). The summed E-state index contributed by atoms with van der Waals surface area (Å²) in [5.74, 6) is 0.0726. The molecule has 2 aliphatic rings. The van der Waals surface area contributed by atoms with Gasteiger partial charge >= 0.3 is 5.97 Å². The molecule has 1 aliphatic heterocycles. The van der Waals surface area contributed by atoms with E-state index in [0.29, 0.717) is 30.5 Å². The Morgan fingerprint density at radius 2 is 1.97 bits per heavy atom. The molecule has 9 heteroatoms. The number of fused-ring (bicyclic) bond motifs is 1. The van der Waals surface area contributed by atoms with E-state index in [1.165, 1.54) is 0 Å². The van der Waals surface area contributed by atoms with Crippen molar-refractivity contribution in [1.82, 2.24) is 24.4 Å². The minimum absolute atomic E-state index is 0.161. The second-order valence-electron chi connectivity index (χ2n) is 8.14. The van der Waals surface area contributed by atoms with Crippen molar-refractivity contribution < 1.29 is 15.0 Å². The average Bonchev–Trinajstić information content (AvgIpc) is 3.35. The van der Waals surface area contributed by atoms with Crippen LogP contribution in [0.5, 0.6) is 0 Å². The Hall–Kier alpha value is -3.04. The third-order valence-electron chi connectivity index (χ3n) is 5.89. The lowest BCUT2D eigenvalue weighted by Crippen LogP contribution is -2.49. The van der Waals surface area contributed by atoms with Gasteiger partial charge in [0.1, 0.15) is 17.2 Å². The number of hydrogen-bond donors (Lipinski definition) is 3. The molecular weight excluding hydrogens is 384 g/mol. The highest BCUT2D eigenvalue weighted by Gasteiger charge is 2.26. The molecule has 0 unspecified atom stereocenters. The number of carbonyl (C=O) groups is 1. The minimum Gasteiger partial charge on any atom is -0.477 e. The van der Waals surface area contributed by atoms with Crippen LogP contribution < -0.4 is 5.32 Å². The van der Waals surface area contributed by atoms with E-state index in [2.05, 4.69) is 25.2 Å². The van der Waals surface area contributed by atoms with E-state index >= 15 is 0 Å². The Labute approximate surface area is 173 Å². The summed E-state index contributed by atoms with van der Waals surface area (Å²) >= 11 is 0. The lowest BCUT2D eigenvalue weighted by atomic mass is 10.1. The second-order valence-corrected chi connectivity index (χ2v) is 8.14. The predicted molar refractivity (Wildman–Crippen MR) is 111 cm³/mol. The SMILES string of the molecule is O=C(O)c1cc2cnc(Nc3ccc(CN4CC(O)C4)cn3)nc2n1C1CCCC1. The summed E-state index contributed by atoms with van der Waals surface area (Å²) in [6.45, 7) is 2.17. The van der Waals surface area contributed by atoms with E-state index in [4.69, 9.17) is 0 Å². The van der Waals surface area contributed by atoms with Crippen molar-refractivity contribution in [2.24, 2.45) is 0 Å². The maximum Gasteiger partial charge on any atom is 0.352 e. The molecule has 1 saturated carbocycles. The van der Waals surface area contributed by atoms with Crippen LogP contribution in [0.4, 0.5) is 11.8 Å². The van der Waals surface area contributed by atoms with Crippen LogP contribution in [0, 0.1) is 0 Å². The van der Waals surface area contributed by atoms with E-state index in [1.54, 1.807) is 18.5 Å². The summed E-state index contributed by atoms with van der Waals surface area (Å²) < 4.78 is 1.86. The van der Waals surface area contributed by atoms with E-state index in [9.17, 15) is 15.0 Å². The minimum atomic E-state index is -0.943. The fourth-order valence-electron chi connectivity index (χ4n) is 4.40. The monoisotopic (exact) mass is 408 g/mol. The number of aromatic nitrogens is 4. The molecule has 3 aromatic heterocycles. The van der Waals surface area contributed by atoms with Crippen molar-refractivity contribution in [3.8, 4) is 0 Å². The van der Waals surface area contributed by atoms with E-state index in [-0.39, 0.29) is 17.8 Å². The number of rotatable bonds is 6. The molecule has 156 valence electrons. The Bertz CT molecular complexity index is 1070. The number of aliphatic hydroxyl groups is 1. The number of nitrogens with zero attached hydrogens (tertiary/aromatic N) is 5. The fourth-order valence-corrected chi connectivity index (χ4v) is 4.40. The number of pyridine rings is 1. The number of likely N-dealkylation sites (tertiary alicyclic amines) is 1. The summed E-state index contributed by atoms with van der Waals surface area (Å²) in [6.07, 6.45) is 7.39. The van der Waals surface area contributed by atoms with E-state index in [0.717, 1.165) is 43.2 Å². The van der Waals surface area contributed by atoms with E-state index < -0.39 is 5.97 Å². The van der Waals surface area contributed by atoms with Gasteiger partial charge in [-0.25, -0.2) is 14.8 Å². The molecule has 4 heterocycles. The molecule has 2 fully saturated rings. The van der Waals surface area contributed by atoms with Gasteiger partial charge in [0.15, 0.2) is 0 Å². The van der Waals surface area contributed by atoms with Gasteiger partial charge < -0.3 is 20.1 Å². The molecule has 1 saturated heterocycles. The molecule has 5 rings (SSSR count). The Morgan fingerprint density at radius 3 is 2.63 bits per heavy atom. The smallest absolute Gasteiger partial charge is 0.352 e. The molecule has 0 bridgehead atoms. The fraction of sp³-hybridized carbons (Fsp3) is 0.429. The molecule has 3 aromatic rings. The van der Waals surface area contributed by atoms with Crippen LogP contribution in [-0.4, -0.2) is 59.8 Å². The lowest BCUT2D eigenvalue weighted by Gasteiger charge is -2.35. The molecule has 0 aromatic carbocycles. The largest absolute Gasteiger partial charge is 0.477 e. The van der Waals surface area contributed by atoms with Gasteiger partial charge in [0.05, 0.1) is 6.10 Å². The van der Waals surface area contributed by atoms with Crippen molar-refractivity contribution in [3.05, 3.63) is 41.9 Å². The summed E-state index contributed by atoms with van der Waals surface area (Å²) in [5.41, 5.74) is 1.98. The molecule has 0 radical (unpaired) electrons. The van der Waals surface area contributed by atoms with Gasteiger partial charge in [0.25, 0.3) is 0 Å². The average molecular weight is 408 g/mol. The number of carboxylic acids is 1. The van der Waals surface area contributed by atoms with Crippen LogP contribution in [0.1, 0.15) is 47.8 Å². The van der Waals surface area contributed by atoms with Crippen molar-refractivity contribution in [1.29, 1.82) is 0 Å². The molecule has 30 heavy (non-hydrogen) atoms. The van der Waals surface area contributed by atoms with Crippen LogP contribution in [0.15, 0.2) is 30.6 Å². The molecular formula is C21H24N6O3. The molecule has 0 amide bonds. The van der Waals surface area contributed by atoms with Gasteiger partial charge in [-0.15, -0.1) is 0 Å². The first kappa shape index (κ1) is 19.0. The summed E-state index contributed by atoms with van der Waals surface area (Å²) in [5, 5.41) is 22.9. The zero-order valence-corrected chi connectivity index (χ0v) is 16.5. The van der Waals surface area contributed by atoms with Crippen molar-refractivity contribution in [2.75, 3.05) is 18.4 Å². The number of carboxylic acid groups (broad SMARTS) is 1. The van der Waals surface area contributed by atoms with Crippen LogP contribution in [0.2, 0.25) is 0 Å². The van der Waals surface area contributed by atoms with Crippen molar-refractivity contribution in [3.63, 3.8) is 0 Å². The number of aliphatic hydroxyl groups excluding tert-OH is 1. The quantitative estimate of drug-likeness (QED) is 0.570. The third kappa shape index (κ3) is 3.61.